The van der Waals surface area contributed by atoms with E-state index in [1.807, 2.05) is 19.9 Å². The Morgan fingerprint density at radius 1 is 1.14 bits per heavy atom. The monoisotopic (exact) mass is 396 g/mol. The van der Waals surface area contributed by atoms with E-state index in [0.717, 1.165) is 11.6 Å². The zero-order valence-corrected chi connectivity index (χ0v) is 16.9. The average Bonchev–Trinajstić information content (AvgIpc) is 2.69. The van der Waals surface area contributed by atoms with Crippen LogP contribution in [-0.4, -0.2) is 23.9 Å². The van der Waals surface area contributed by atoms with Crippen LogP contribution in [0.3, 0.4) is 0 Å². The Morgan fingerprint density at radius 2 is 1.83 bits per heavy atom. The summed E-state index contributed by atoms with van der Waals surface area (Å²) in [6, 6.07) is 8.17. The van der Waals surface area contributed by atoms with Crippen molar-refractivity contribution in [2.75, 3.05) is 13.7 Å². The maximum Gasteiger partial charge on any atom is 0.239 e. The number of hydrogen-bond acceptors (Lipinski definition) is 6. The van der Waals surface area contributed by atoms with Crippen LogP contribution in [0.4, 0.5) is 0 Å². The molecule has 0 saturated carbocycles. The summed E-state index contributed by atoms with van der Waals surface area (Å²) in [4.78, 5) is 13.2. The van der Waals surface area contributed by atoms with E-state index in [-0.39, 0.29) is 40.6 Å². The van der Waals surface area contributed by atoms with E-state index in [9.17, 15) is 15.0 Å². The van der Waals surface area contributed by atoms with Crippen LogP contribution in [0.5, 0.6) is 23.0 Å². The number of phenols is 2. The van der Waals surface area contributed by atoms with Gasteiger partial charge in [-0.3, -0.25) is 4.79 Å². The molecule has 0 atom stereocenters. The number of rotatable bonds is 6. The van der Waals surface area contributed by atoms with Crippen molar-refractivity contribution in [1.82, 2.24) is 0 Å². The first kappa shape index (κ1) is 20.3. The standard InChI is InChI=1S/C23H24O6/c1-5-28-23-20(26)19-18(25)12-17(24)16(11-6-13(2)3)22(19)29-21(23)14-7-9-15(27-4)10-8-14/h6-10,12,24-25H,5,11H2,1-4H3. The van der Waals surface area contributed by atoms with Gasteiger partial charge in [-0.25, -0.2) is 0 Å². The molecule has 0 amide bonds. The highest BCUT2D eigenvalue weighted by atomic mass is 16.5. The Kier molecular flexibility index (Phi) is 5.82. The number of methoxy groups -OCH3 is 1. The summed E-state index contributed by atoms with van der Waals surface area (Å²) in [5.41, 5.74) is 1.74. The molecular weight excluding hydrogens is 372 g/mol. The van der Waals surface area contributed by atoms with Gasteiger partial charge in [-0.2, -0.15) is 0 Å². The molecule has 1 aromatic heterocycles. The summed E-state index contributed by atoms with van der Waals surface area (Å²) in [7, 11) is 1.57. The van der Waals surface area contributed by atoms with E-state index in [1.165, 1.54) is 0 Å². The molecule has 1 heterocycles. The van der Waals surface area contributed by atoms with Crippen molar-refractivity contribution < 1.29 is 24.1 Å². The first-order valence-corrected chi connectivity index (χ1v) is 9.32. The van der Waals surface area contributed by atoms with Crippen LogP contribution >= 0.6 is 0 Å². The van der Waals surface area contributed by atoms with E-state index < -0.39 is 5.43 Å². The third-order valence-corrected chi connectivity index (χ3v) is 4.54. The van der Waals surface area contributed by atoms with Crippen molar-refractivity contribution in [2.45, 2.75) is 27.2 Å². The number of benzene rings is 2. The molecular formula is C23H24O6. The third kappa shape index (κ3) is 3.92. The fourth-order valence-corrected chi connectivity index (χ4v) is 3.08. The molecule has 3 aromatic rings. The number of hydrogen-bond donors (Lipinski definition) is 2. The van der Waals surface area contributed by atoms with Crippen LogP contribution in [0, 0.1) is 0 Å². The third-order valence-electron chi connectivity index (χ3n) is 4.54. The number of allylic oxidation sites excluding steroid dienone is 2. The molecule has 0 spiro atoms. The Balaban J connectivity index is 2.37. The van der Waals surface area contributed by atoms with E-state index in [1.54, 1.807) is 38.3 Å². The van der Waals surface area contributed by atoms with Crippen LogP contribution in [-0.2, 0) is 6.42 Å². The topological polar surface area (TPSA) is 89.1 Å². The second-order valence-corrected chi connectivity index (χ2v) is 6.83. The van der Waals surface area contributed by atoms with E-state index in [0.29, 0.717) is 23.3 Å². The van der Waals surface area contributed by atoms with Crippen LogP contribution in [0.25, 0.3) is 22.3 Å². The summed E-state index contributed by atoms with van der Waals surface area (Å²) in [5, 5.41) is 20.7. The van der Waals surface area contributed by atoms with Gasteiger partial charge in [0.05, 0.1) is 13.7 Å². The lowest BCUT2D eigenvalue weighted by Gasteiger charge is -2.14. The van der Waals surface area contributed by atoms with Crippen molar-refractivity contribution in [3.63, 3.8) is 0 Å². The lowest BCUT2D eigenvalue weighted by Crippen LogP contribution is -2.11. The zero-order valence-electron chi connectivity index (χ0n) is 16.9. The van der Waals surface area contributed by atoms with Gasteiger partial charge in [0.25, 0.3) is 0 Å². The quantitative estimate of drug-likeness (QED) is 0.583. The van der Waals surface area contributed by atoms with Crippen molar-refractivity contribution >= 4 is 11.0 Å². The van der Waals surface area contributed by atoms with E-state index in [4.69, 9.17) is 13.9 Å². The summed E-state index contributed by atoms with van der Waals surface area (Å²) in [6.45, 7) is 5.89. The van der Waals surface area contributed by atoms with Gasteiger partial charge in [-0.05, 0) is 51.5 Å². The van der Waals surface area contributed by atoms with Gasteiger partial charge in [-0.1, -0.05) is 11.6 Å². The van der Waals surface area contributed by atoms with Crippen molar-refractivity contribution in [2.24, 2.45) is 0 Å². The Labute approximate surface area is 168 Å². The van der Waals surface area contributed by atoms with Crippen LogP contribution in [0.15, 0.2) is 51.2 Å². The highest BCUT2D eigenvalue weighted by molar-refractivity contribution is 5.91. The highest BCUT2D eigenvalue weighted by Gasteiger charge is 2.23. The van der Waals surface area contributed by atoms with Gasteiger partial charge < -0.3 is 24.1 Å². The normalized spacial score (nSPS) is 10.8. The second-order valence-electron chi connectivity index (χ2n) is 6.83. The van der Waals surface area contributed by atoms with Gasteiger partial charge >= 0.3 is 0 Å². The number of fused-ring (bicyclic) bond motifs is 1. The molecule has 2 aromatic carbocycles. The molecule has 0 aliphatic carbocycles. The summed E-state index contributed by atoms with van der Waals surface area (Å²) < 4.78 is 16.9. The molecule has 29 heavy (non-hydrogen) atoms. The number of ether oxygens (including phenoxy) is 2. The molecule has 6 nitrogen and oxygen atoms in total. The number of phenolic OH excluding ortho intramolecular Hbond substituents is 2. The van der Waals surface area contributed by atoms with Crippen molar-refractivity contribution in [1.29, 1.82) is 0 Å². The molecule has 0 bridgehead atoms. The van der Waals surface area contributed by atoms with Gasteiger partial charge in [0, 0.05) is 17.2 Å². The summed E-state index contributed by atoms with van der Waals surface area (Å²) in [6.07, 6.45) is 2.26. The molecule has 6 heteroatoms. The first-order chi connectivity index (χ1) is 13.9. The van der Waals surface area contributed by atoms with Crippen LogP contribution in [0.2, 0.25) is 0 Å². The molecule has 3 rings (SSSR count). The SMILES string of the molecule is CCOc1c(-c2ccc(OC)cc2)oc2c(CC=C(C)C)c(O)cc(O)c2c1=O. The number of aromatic hydroxyl groups is 2. The Bertz CT molecular complexity index is 1120. The molecule has 2 N–H and O–H groups in total. The van der Waals surface area contributed by atoms with Crippen LogP contribution < -0.4 is 14.9 Å². The fourth-order valence-electron chi connectivity index (χ4n) is 3.08. The summed E-state index contributed by atoms with van der Waals surface area (Å²) >= 11 is 0. The Hall–Kier alpha value is -3.41. The minimum absolute atomic E-state index is 0.0133. The van der Waals surface area contributed by atoms with Crippen molar-refractivity contribution in [3.8, 4) is 34.3 Å². The maximum absolute atomic E-state index is 13.2. The molecule has 0 aliphatic rings. The minimum Gasteiger partial charge on any atom is -0.507 e. The van der Waals surface area contributed by atoms with Crippen LogP contribution in [0.1, 0.15) is 26.3 Å². The molecule has 0 unspecified atom stereocenters. The molecule has 0 aliphatic heterocycles. The highest BCUT2D eigenvalue weighted by Crippen LogP contribution is 2.39. The van der Waals surface area contributed by atoms with Gasteiger partial charge in [0.1, 0.15) is 28.2 Å². The fraction of sp³-hybridized carbons (Fsp3) is 0.261. The van der Waals surface area contributed by atoms with E-state index in [2.05, 4.69) is 0 Å². The van der Waals surface area contributed by atoms with Gasteiger partial charge in [0.15, 0.2) is 5.76 Å². The first-order valence-electron chi connectivity index (χ1n) is 9.32. The zero-order chi connectivity index (χ0) is 21.1. The molecule has 152 valence electrons. The van der Waals surface area contributed by atoms with Gasteiger partial charge in [-0.15, -0.1) is 0 Å². The predicted octanol–water partition coefficient (Wildman–Crippen LogP) is 4.79. The molecule has 0 saturated heterocycles. The van der Waals surface area contributed by atoms with E-state index >= 15 is 0 Å². The second kappa shape index (κ2) is 8.31. The largest absolute Gasteiger partial charge is 0.507 e. The summed E-state index contributed by atoms with van der Waals surface area (Å²) in [5.74, 6) is 0.416. The van der Waals surface area contributed by atoms with Crippen molar-refractivity contribution in [3.05, 3.63) is 57.8 Å². The molecule has 0 radical (unpaired) electrons. The lowest BCUT2D eigenvalue weighted by molar-refractivity contribution is 0.329. The smallest absolute Gasteiger partial charge is 0.239 e. The van der Waals surface area contributed by atoms with Gasteiger partial charge in [0.2, 0.25) is 11.2 Å². The predicted molar refractivity (Wildman–Crippen MR) is 112 cm³/mol. The minimum atomic E-state index is -0.491. The average molecular weight is 396 g/mol. The lowest BCUT2D eigenvalue weighted by atomic mass is 10.0. The maximum atomic E-state index is 13.2. The Morgan fingerprint density at radius 3 is 2.41 bits per heavy atom. The molecule has 0 fully saturated rings.